The number of nitrogens with zero attached hydrogens (tertiary/aromatic N) is 2. The van der Waals surface area contributed by atoms with E-state index >= 15 is 0 Å². The van der Waals surface area contributed by atoms with Crippen molar-refractivity contribution < 1.29 is 4.79 Å². The van der Waals surface area contributed by atoms with Gasteiger partial charge in [0.25, 0.3) is 0 Å². The van der Waals surface area contributed by atoms with Crippen LogP contribution in [0, 0.1) is 11.8 Å². The van der Waals surface area contributed by atoms with Gasteiger partial charge in [-0.2, -0.15) is 0 Å². The molecular weight excluding hydrogens is 272 g/mol. The highest BCUT2D eigenvalue weighted by molar-refractivity contribution is 7.13. The van der Waals surface area contributed by atoms with Crippen LogP contribution in [-0.2, 0) is 11.3 Å². The predicted molar refractivity (Wildman–Crippen MR) is 80.5 cm³/mol. The number of nitrogens with one attached hydrogen (secondary N) is 1. The highest BCUT2D eigenvalue weighted by Crippen LogP contribution is 2.36. The van der Waals surface area contributed by atoms with Crippen LogP contribution in [0.1, 0.15) is 31.9 Å². The van der Waals surface area contributed by atoms with Crippen molar-refractivity contribution in [3.63, 3.8) is 0 Å². The van der Waals surface area contributed by atoms with Crippen LogP contribution in [-0.4, -0.2) is 34.9 Å². The largest absolute Gasteiger partial charge is 0.327 e. The number of rotatable bonds is 3. The Morgan fingerprint density at radius 3 is 3.15 bits per heavy atom. The first-order chi connectivity index (χ1) is 9.61. The van der Waals surface area contributed by atoms with Gasteiger partial charge in [0.05, 0.1) is 5.69 Å². The van der Waals surface area contributed by atoms with Gasteiger partial charge in [-0.25, -0.2) is 4.98 Å². The van der Waals surface area contributed by atoms with E-state index < -0.39 is 0 Å². The molecule has 2 aliphatic rings. The minimum atomic E-state index is -0.0657. The molecule has 1 aliphatic carbocycles. The van der Waals surface area contributed by atoms with E-state index in [9.17, 15) is 4.79 Å². The number of anilines is 1. The van der Waals surface area contributed by atoms with Crippen LogP contribution in [0.25, 0.3) is 0 Å². The van der Waals surface area contributed by atoms with Gasteiger partial charge in [0.1, 0.15) is 0 Å². The average Bonchev–Trinajstić information content (AvgIpc) is 2.96. The number of likely N-dealkylation sites (tertiary alicyclic amines) is 1. The van der Waals surface area contributed by atoms with Crippen LogP contribution in [0.4, 0.5) is 5.13 Å². The molecule has 5 nitrogen and oxygen atoms in total. The Morgan fingerprint density at radius 1 is 1.55 bits per heavy atom. The lowest BCUT2D eigenvalue weighted by molar-refractivity contribution is -0.114. The molecule has 3 rings (SSSR count). The summed E-state index contributed by atoms with van der Waals surface area (Å²) in [6.07, 6.45) is 3.78. The summed E-state index contributed by atoms with van der Waals surface area (Å²) in [4.78, 5) is 17.9. The molecule has 1 saturated carbocycles. The monoisotopic (exact) mass is 294 g/mol. The maximum absolute atomic E-state index is 11.0. The van der Waals surface area contributed by atoms with Gasteiger partial charge in [0.2, 0.25) is 5.91 Å². The summed E-state index contributed by atoms with van der Waals surface area (Å²) in [6.45, 7) is 4.62. The van der Waals surface area contributed by atoms with Crippen molar-refractivity contribution in [3.8, 4) is 0 Å². The van der Waals surface area contributed by atoms with Gasteiger partial charge < -0.3 is 11.1 Å². The Hall–Kier alpha value is -0.980. The fourth-order valence-corrected chi connectivity index (χ4v) is 4.30. The number of nitrogens with two attached hydrogens (primary N) is 1. The highest BCUT2D eigenvalue weighted by atomic mass is 32.1. The van der Waals surface area contributed by atoms with E-state index in [1.54, 1.807) is 0 Å². The Labute approximate surface area is 123 Å². The van der Waals surface area contributed by atoms with Crippen LogP contribution in [0.3, 0.4) is 0 Å². The summed E-state index contributed by atoms with van der Waals surface area (Å²) in [5.74, 6) is 1.37. The van der Waals surface area contributed by atoms with Crippen molar-refractivity contribution in [1.82, 2.24) is 9.88 Å². The first-order valence-electron chi connectivity index (χ1n) is 7.32. The molecule has 1 aromatic rings. The fourth-order valence-electron chi connectivity index (χ4n) is 3.55. The molecule has 1 saturated heterocycles. The van der Waals surface area contributed by atoms with Gasteiger partial charge in [0.15, 0.2) is 5.13 Å². The Balaban J connectivity index is 1.58. The lowest BCUT2D eigenvalue weighted by Gasteiger charge is -2.29. The summed E-state index contributed by atoms with van der Waals surface area (Å²) in [6, 6.07) is 0.379. The molecule has 6 heteroatoms. The van der Waals surface area contributed by atoms with Gasteiger partial charge >= 0.3 is 0 Å². The normalized spacial score (nSPS) is 30.2. The number of aromatic nitrogens is 1. The van der Waals surface area contributed by atoms with Crippen LogP contribution < -0.4 is 11.1 Å². The molecule has 1 amide bonds. The topological polar surface area (TPSA) is 71.2 Å². The zero-order chi connectivity index (χ0) is 14.1. The third-order valence-corrected chi connectivity index (χ3v) is 5.26. The summed E-state index contributed by atoms with van der Waals surface area (Å²) >= 11 is 1.49. The van der Waals surface area contributed by atoms with Crippen LogP contribution in [0.5, 0.6) is 0 Å². The predicted octanol–water partition coefficient (Wildman–Crippen LogP) is 1.66. The zero-order valence-electron chi connectivity index (χ0n) is 11.8. The van der Waals surface area contributed by atoms with Gasteiger partial charge in [-0.05, 0) is 24.7 Å². The Bertz CT molecular complexity index is 489. The second kappa shape index (κ2) is 5.79. The molecule has 3 atom stereocenters. The number of amides is 1. The molecule has 2 fully saturated rings. The lowest BCUT2D eigenvalue weighted by Crippen LogP contribution is -2.38. The summed E-state index contributed by atoms with van der Waals surface area (Å²) in [5, 5.41) is 5.47. The molecule has 0 bridgehead atoms. The molecule has 110 valence electrons. The lowest BCUT2D eigenvalue weighted by atomic mass is 9.78. The van der Waals surface area contributed by atoms with Crippen LogP contribution in [0.15, 0.2) is 5.38 Å². The van der Waals surface area contributed by atoms with Crippen LogP contribution in [0.2, 0.25) is 0 Å². The number of fused-ring (bicyclic) bond motifs is 1. The van der Waals surface area contributed by atoms with E-state index in [-0.39, 0.29) is 5.91 Å². The first kappa shape index (κ1) is 14.0. The van der Waals surface area contributed by atoms with E-state index in [0.717, 1.165) is 31.2 Å². The van der Waals surface area contributed by atoms with E-state index in [0.29, 0.717) is 17.1 Å². The third-order valence-electron chi connectivity index (χ3n) is 4.45. The molecule has 20 heavy (non-hydrogen) atoms. The van der Waals surface area contributed by atoms with Crippen molar-refractivity contribution in [1.29, 1.82) is 0 Å². The molecule has 0 radical (unpaired) electrons. The van der Waals surface area contributed by atoms with Gasteiger partial charge in [-0.3, -0.25) is 9.69 Å². The molecule has 2 heterocycles. The van der Waals surface area contributed by atoms with Crippen molar-refractivity contribution in [3.05, 3.63) is 11.1 Å². The third kappa shape index (κ3) is 3.02. The standard InChI is InChI=1S/C14H22N4OS/c1-9(19)16-14-17-11(8-20-14)6-18-5-10-3-2-4-13(15)12(10)7-18/h8,10,12-13H,2-7,15H2,1H3,(H,16,17,19). The van der Waals surface area contributed by atoms with Crippen molar-refractivity contribution >= 4 is 22.4 Å². The minimum absolute atomic E-state index is 0.0657. The minimum Gasteiger partial charge on any atom is -0.327 e. The number of carbonyl (C=O) groups excluding carboxylic acids is 1. The van der Waals surface area contributed by atoms with Crippen molar-refractivity contribution in [2.45, 2.75) is 38.8 Å². The maximum Gasteiger partial charge on any atom is 0.223 e. The number of thiazole rings is 1. The maximum atomic E-state index is 11.0. The summed E-state index contributed by atoms with van der Waals surface area (Å²) in [5.41, 5.74) is 7.29. The molecular formula is C14H22N4OS. The fraction of sp³-hybridized carbons (Fsp3) is 0.714. The number of hydrogen-bond acceptors (Lipinski definition) is 5. The van der Waals surface area contributed by atoms with E-state index in [1.165, 1.54) is 37.5 Å². The van der Waals surface area contributed by atoms with Gasteiger partial charge in [0, 0.05) is 38.0 Å². The van der Waals surface area contributed by atoms with Crippen molar-refractivity contribution in [2.24, 2.45) is 17.6 Å². The van der Waals surface area contributed by atoms with E-state index in [2.05, 4.69) is 15.2 Å². The van der Waals surface area contributed by atoms with E-state index in [1.807, 2.05) is 5.38 Å². The van der Waals surface area contributed by atoms with E-state index in [4.69, 9.17) is 5.73 Å². The SMILES string of the molecule is CC(=O)Nc1nc(CN2CC3CCCC(N)C3C2)cs1. The van der Waals surface area contributed by atoms with Gasteiger partial charge in [-0.1, -0.05) is 6.42 Å². The van der Waals surface area contributed by atoms with Gasteiger partial charge in [-0.15, -0.1) is 11.3 Å². The second-order valence-corrected chi connectivity index (χ2v) is 6.90. The molecule has 3 N–H and O–H groups in total. The average molecular weight is 294 g/mol. The Morgan fingerprint density at radius 2 is 2.40 bits per heavy atom. The Kier molecular flexibility index (Phi) is 4.05. The highest BCUT2D eigenvalue weighted by Gasteiger charge is 2.38. The molecule has 0 aromatic carbocycles. The van der Waals surface area contributed by atoms with Crippen LogP contribution >= 0.6 is 11.3 Å². The number of carbonyl (C=O) groups is 1. The summed E-state index contributed by atoms with van der Waals surface area (Å²) in [7, 11) is 0. The molecule has 0 spiro atoms. The van der Waals surface area contributed by atoms with Crippen molar-refractivity contribution in [2.75, 3.05) is 18.4 Å². The molecule has 1 aliphatic heterocycles. The second-order valence-electron chi connectivity index (χ2n) is 6.04. The zero-order valence-corrected chi connectivity index (χ0v) is 12.7. The summed E-state index contributed by atoms with van der Waals surface area (Å²) < 4.78 is 0. The number of hydrogen-bond donors (Lipinski definition) is 2. The molecule has 3 unspecified atom stereocenters. The molecule has 1 aromatic heterocycles. The quantitative estimate of drug-likeness (QED) is 0.889. The smallest absolute Gasteiger partial charge is 0.223 e. The first-order valence-corrected chi connectivity index (χ1v) is 8.19.